The molecule has 168 valence electrons. The van der Waals surface area contributed by atoms with Crippen molar-refractivity contribution in [3.63, 3.8) is 0 Å². The Morgan fingerprint density at radius 2 is 1.34 bits per heavy atom. The number of benzene rings is 1. The Labute approximate surface area is 171 Å². The molecule has 0 bridgehead atoms. The van der Waals surface area contributed by atoms with E-state index in [1.54, 1.807) is 18.2 Å². The lowest BCUT2D eigenvalue weighted by atomic mass is 10.2. The van der Waals surface area contributed by atoms with Gasteiger partial charge in [-0.05, 0) is 22.7 Å². The first kappa shape index (κ1) is 27.8. The van der Waals surface area contributed by atoms with Crippen LogP contribution in [-0.4, -0.2) is 37.3 Å². The van der Waals surface area contributed by atoms with Crippen LogP contribution in [0.3, 0.4) is 0 Å². The summed E-state index contributed by atoms with van der Waals surface area (Å²) in [5.74, 6) is -7.54. The SMILES string of the molecule is CN(C(=O)CC(F)(F)F)c1cc(Br)cc(Br)c1.FOC(F)(F)C(F)(F)C(F)(F)F. The number of carbonyl (C=O) groups excluding carboxylic acids is 1. The highest BCUT2D eigenvalue weighted by atomic mass is 79.9. The van der Waals surface area contributed by atoms with E-state index in [0.717, 1.165) is 4.90 Å². The number of nitrogens with zero attached hydrogens (tertiary/aromatic N) is 1. The van der Waals surface area contributed by atoms with E-state index in [-0.39, 0.29) is 0 Å². The molecule has 0 aliphatic heterocycles. The third-order valence-electron chi connectivity index (χ3n) is 2.78. The lowest BCUT2D eigenvalue weighted by molar-refractivity contribution is -0.471. The van der Waals surface area contributed by atoms with Crippen molar-refractivity contribution in [2.75, 3.05) is 11.9 Å². The summed E-state index contributed by atoms with van der Waals surface area (Å²) in [5.41, 5.74) is 0.389. The zero-order valence-electron chi connectivity index (χ0n) is 13.6. The Bertz CT molecular complexity index is 687. The van der Waals surface area contributed by atoms with Crippen LogP contribution in [0, 0.1) is 0 Å². The van der Waals surface area contributed by atoms with E-state index >= 15 is 0 Å². The molecule has 29 heavy (non-hydrogen) atoms. The van der Waals surface area contributed by atoms with Crippen LogP contribution in [-0.2, 0) is 9.74 Å². The van der Waals surface area contributed by atoms with Gasteiger partial charge in [-0.2, -0.15) is 43.9 Å². The molecular weight excluding hydrogens is 571 g/mol. The molecular formula is C13H8Br2F11NO2. The average molecular weight is 579 g/mol. The monoisotopic (exact) mass is 577 g/mol. The molecule has 0 aliphatic carbocycles. The molecule has 0 fully saturated rings. The van der Waals surface area contributed by atoms with Crippen LogP contribution in [0.5, 0.6) is 0 Å². The second kappa shape index (κ2) is 9.76. The molecule has 0 atom stereocenters. The Balaban J connectivity index is 0.000000578. The Kier molecular flexibility index (Phi) is 9.37. The fourth-order valence-electron chi connectivity index (χ4n) is 1.38. The summed E-state index contributed by atoms with van der Waals surface area (Å²) in [6.07, 6.45) is -18.7. The molecule has 0 N–H and O–H groups in total. The van der Waals surface area contributed by atoms with Crippen LogP contribution in [0.1, 0.15) is 6.42 Å². The van der Waals surface area contributed by atoms with Crippen molar-refractivity contribution in [1.29, 1.82) is 0 Å². The molecule has 3 nitrogen and oxygen atoms in total. The molecule has 1 amide bonds. The van der Waals surface area contributed by atoms with Crippen LogP contribution in [0.25, 0.3) is 0 Å². The fourth-order valence-corrected chi connectivity index (χ4v) is 2.65. The number of rotatable bonds is 4. The van der Waals surface area contributed by atoms with Crippen molar-refractivity contribution in [3.05, 3.63) is 27.1 Å². The van der Waals surface area contributed by atoms with Gasteiger partial charge in [0.15, 0.2) is 0 Å². The van der Waals surface area contributed by atoms with Gasteiger partial charge in [0.25, 0.3) is 0 Å². The quantitative estimate of drug-likeness (QED) is 0.368. The van der Waals surface area contributed by atoms with E-state index in [1.165, 1.54) is 12.0 Å². The summed E-state index contributed by atoms with van der Waals surface area (Å²) in [4.78, 5) is 13.6. The predicted molar refractivity (Wildman–Crippen MR) is 84.1 cm³/mol. The minimum Gasteiger partial charge on any atom is -0.315 e. The maximum atomic E-state index is 12.1. The minimum atomic E-state index is -6.57. The molecule has 0 heterocycles. The number of carbonyl (C=O) groups is 1. The zero-order valence-corrected chi connectivity index (χ0v) is 16.8. The second-order valence-electron chi connectivity index (χ2n) is 5.04. The molecule has 1 rings (SSSR count). The lowest BCUT2D eigenvalue weighted by Crippen LogP contribution is -2.52. The van der Waals surface area contributed by atoms with E-state index in [0.29, 0.717) is 14.6 Å². The van der Waals surface area contributed by atoms with Gasteiger partial charge in [-0.1, -0.05) is 31.9 Å². The van der Waals surface area contributed by atoms with Gasteiger partial charge in [-0.15, -0.1) is 4.94 Å². The van der Waals surface area contributed by atoms with Crippen LogP contribution >= 0.6 is 31.9 Å². The third kappa shape index (κ3) is 8.24. The van der Waals surface area contributed by atoms with E-state index in [9.17, 15) is 53.2 Å². The highest BCUT2D eigenvalue weighted by molar-refractivity contribution is 9.11. The fraction of sp³-hybridized carbons (Fsp3) is 0.462. The van der Waals surface area contributed by atoms with Crippen LogP contribution in [0.2, 0.25) is 0 Å². The van der Waals surface area contributed by atoms with Crippen molar-refractivity contribution >= 4 is 43.5 Å². The number of alkyl halides is 10. The minimum absolute atomic E-state index is 0.389. The topological polar surface area (TPSA) is 29.5 Å². The predicted octanol–water partition coefficient (Wildman–Crippen LogP) is 6.80. The highest BCUT2D eigenvalue weighted by Crippen LogP contribution is 2.47. The molecule has 0 aliphatic rings. The van der Waals surface area contributed by atoms with Crippen molar-refractivity contribution < 1.29 is 58.2 Å². The zero-order chi connectivity index (χ0) is 23.4. The summed E-state index contributed by atoms with van der Waals surface area (Å²) >= 11 is 6.40. The number of hydrogen-bond acceptors (Lipinski definition) is 2. The van der Waals surface area contributed by atoms with Gasteiger partial charge < -0.3 is 4.90 Å². The van der Waals surface area contributed by atoms with Crippen molar-refractivity contribution in [1.82, 2.24) is 0 Å². The Hall–Kier alpha value is -1.16. The number of halogens is 13. The van der Waals surface area contributed by atoms with E-state index in [2.05, 4.69) is 31.9 Å². The molecule has 0 unspecified atom stereocenters. The van der Waals surface area contributed by atoms with Gasteiger partial charge in [-0.3, -0.25) is 4.79 Å². The smallest absolute Gasteiger partial charge is 0.315 e. The molecule has 0 saturated carbocycles. The Morgan fingerprint density at radius 3 is 1.62 bits per heavy atom. The van der Waals surface area contributed by atoms with E-state index in [4.69, 9.17) is 0 Å². The average Bonchev–Trinajstić information content (AvgIpc) is 2.50. The van der Waals surface area contributed by atoms with E-state index in [1.807, 2.05) is 0 Å². The number of hydrogen-bond donors (Lipinski definition) is 0. The van der Waals surface area contributed by atoms with Gasteiger partial charge in [0.05, 0.1) is 0 Å². The largest absolute Gasteiger partial charge is 0.463 e. The molecule has 1 aromatic carbocycles. The first-order chi connectivity index (χ1) is 12.7. The summed E-state index contributed by atoms with van der Waals surface area (Å²) in [6, 6.07) is 4.86. The molecule has 1 aromatic rings. The van der Waals surface area contributed by atoms with Crippen molar-refractivity contribution in [2.45, 2.75) is 30.8 Å². The molecule has 0 radical (unpaired) electrons. The maximum Gasteiger partial charge on any atom is 0.463 e. The van der Waals surface area contributed by atoms with Gasteiger partial charge in [0.1, 0.15) is 6.42 Å². The summed E-state index contributed by atoms with van der Waals surface area (Å²) < 4.78 is 127. The van der Waals surface area contributed by atoms with Crippen LogP contribution < -0.4 is 4.90 Å². The van der Waals surface area contributed by atoms with Gasteiger partial charge in [0.2, 0.25) is 5.91 Å². The summed E-state index contributed by atoms with van der Waals surface area (Å²) in [6.45, 7) is 0. The van der Waals surface area contributed by atoms with E-state index < -0.39 is 36.7 Å². The van der Waals surface area contributed by atoms with Gasteiger partial charge in [-0.25, -0.2) is 0 Å². The number of amides is 1. The second-order valence-corrected chi connectivity index (χ2v) is 6.87. The van der Waals surface area contributed by atoms with Gasteiger partial charge >= 0.3 is 24.4 Å². The van der Waals surface area contributed by atoms with Crippen LogP contribution in [0.15, 0.2) is 27.1 Å². The molecule has 16 heteroatoms. The molecule has 0 saturated heterocycles. The molecule has 0 aromatic heterocycles. The van der Waals surface area contributed by atoms with Gasteiger partial charge in [0, 0.05) is 21.7 Å². The van der Waals surface area contributed by atoms with Crippen LogP contribution in [0.4, 0.5) is 54.1 Å². The standard InChI is InChI=1S/C10H8Br2F3NO.C3F8O/c1-16(9(17)5-10(13,14)15)8-3-6(11)2-7(12)4-8;4-1(5,2(6,7)8)3(9,10)12-11/h2-4H,5H2,1H3;. The highest BCUT2D eigenvalue weighted by Gasteiger charge is 2.75. The first-order valence-corrected chi connectivity index (χ1v) is 8.25. The summed E-state index contributed by atoms with van der Waals surface area (Å²) in [5, 5.41) is 0. The number of anilines is 1. The third-order valence-corrected chi connectivity index (χ3v) is 3.69. The Morgan fingerprint density at radius 1 is 0.931 bits per heavy atom. The van der Waals surface area contributed by atoms with Crippen molar-refractivity contribution in [3.8, 4) is 0 Å². The lowest BCUT2D eigenvalue weighted by Gasteiger charge is -2.23. The maximum absolute atomic E-state index is 12.1. The normalized spacial score (nSPS) is 12.9. The first-order valence-electron chi connectivity index (χ1n) is 6.66. The molecule has 0 spiro atoms. The van der Waals surface area contributed by atoms with Crippen molar-refractivity contribution in [2.24, 2.45) is 0 Å². The summed E-state index contributed by atoms with van der Waals surface area (Å²) in [7, 11) is 1.31.